The highest BCUT2D eigenvalue weighted by atomic mass is 15.1. The molecule has 2 nitrogen and oxygen atoms in total. The van der Waals surface area contributed by atoms with E-state index in [1.165, 1.54) is 87.6 Å². The van der Waals surface area contributed by atoms with Crippen LogP contribution in [-0.2, 0) is 0 Å². The third-order valence-corrected chi connectivity index (χ3v) is 14.1. The Morgan fingerprint density at radius 2 is 0.486 bits per heavy atom. The SMILES string of the molecule is c1ccc(-c2cc(-c3ccccc3)cc(N(c3ccc4c(ccc5cc(N(c6cc(-c7ccccc7)cc(-c7ccccc7)c6)c6cccc7ccccc67)ccc54)c3)c3cccc4ccccc34)c2)cc1. The van der Waals surface area contributed by atoms with Gasteiger partial charge in [0.15, 0.2) is 0 Å². The van der Waals surface area contributed by atoms with Gasteiger partial charge in [-0.25, -0.2) is 0 Å². The van der Waals surface area contributed by atoms with Crippen molar-refractivity contribution in [3.05, 3.63) is 291 Å². The molecule has 0 bridgehead atoms. The number of anilines is 6. The molecule has 0 radical (unpaired) electrons. The van der Waals surface area contributed by atoms with Crippen molar-refractivity contribution in [2.24, 2.45) is 0 Å². The summed E-state index contributed by atoms with van der Waals surface area (Å²) in [5.74, 6) is 0. The molecule has 0 aliphatic rings. The van der Waals surface area contributed by atoms with Gasteiger partial charge in [0.05, 0.1) is 11.4 Å². The van der Waals surface area contributed by atoms with Gasteiger partial charge in [-0.3, -0.25) is 0 Å². The minimum Gasteiger partial charge on any atom is -0.310 e. The largest absolute Gasteiger partial charge is 0.310 e. The van der Waals surface area contributed by atoms with Crippen LogP contribution in [0.25, 0.3) is 87.6 Å². The molecule has 0 atom stereocenters. The van der Waals surface area contributed by atoms with Crippen LogP contribution < -0.4 is 9.80 Å². The number of benzene rings is 13. The quantitative estimate of drug-likeness (QED) is 0.126. The van der Waals surface area contributed by atoms with Crippen molar-refractivity contribution < 1.29 is 0 Å². The molecular formula is C70H48N2. The minimum atomic E-state index is 1.09. The zero-order chi connectivity index (χ0) is 47.8. The summed E-state index contributed by atoms with van der Waals surface area (Å²) in [7, 11) is 0. The van der Waals surface area contributed by atoms with Crippen molar-refractivity contribution in [2.45, 2.75) is 0 Å². The second-order valence-corrected chi connectivity index (χ2v) is 18.5. The molecule has 13 aromatic carbocycles. The van der Waals surface area contributed by atoms with E-state index in [1.54, 1.807) is 0 Å². The molecule has 0 aliphatic heterocycles. The van der Waals surface area contributed by atoms with E-state index in [2.05, 4.69) is 301 Å². The maximum atomic E-state index is 2.45. The topological polar surface area (TPSA) is 6.48 Å². The van der Waals surface area contributed by atoms with Gasteiger partial charge in [-0.05, 0) is 150 Å². The Bertz CT molecular complexity index is 3700. The second-order valence-electron chi connectivity index (χ2n) is 18.5. The lowest BCUT2D eigenvalue weighted by atomic mass is 9.96. The van der Waals surface area contributed by atoms with Gasteiger partial charge in [-0.2, -0.15) is 0 Å². The van der Waals surface area contributed by atoms with Crippen LogP contribution in [0.4, 0.5) is 34.1 Å². The van der Waals surface area contributed by atoms with Crippen molar-refractivity contribution in [3.8, 4) is 44.5 Å². The second kappa shape index (κ2) is 18.4. The molecule has 0 spiro atoms. The van der Waals surface area contributed by atoms with Gasteiger partial charge in [-0.15, -0.1) is 0 Å². The zero-order valence-corrected chi connectivity index (χ0v) is 39.6. The minimum absolute atomic E-state index is 1.09. The van der Waals surface area contributed by atoms with Gasteiger partial charge >= 0.3 is 0 Å². The van der Waals surface area contributed by atoms with Crippen molar-refractivity contribution >= 4 is 77.2 Å². The molecule has 0 amide bonds. The van der Waals surface area contributed by atoms with Crippen LogP contribution in [0.2, 0.25) is 0 Å². The maximum Gasteiger partial charge on any atom is 0.0540 e. The van der Waals surface area contributed by atoms with Crippen molar-refractivity contribution in [1.29, 1.82) is 0 Å². The predicted molar refractivity (Wildman–Crippen MR) is 308 cm³/mol. The Kier molecular flexibility index (Phi) is 10.9. The van der Waals surface area contributed by atoms with E-state index in [-0.39, 0.29) is 0 Å². The van der Waals surface area contributed by atoms with Gasteiger partial charge in [0.1, 0.15) is 0 Å². The van der Waals surface area contributed by atoms with E-state index in [4.69, 9.17) is 0 Å². The van der Waals surface area contributed by atoms with Crippen LogP contribution in [0.5, 0.6) is 0 Å². The molecule has 0 aliphatic carbocycles. The Balaban J connectivity index is 0.981. The number of fused-ring (bicyclic) bond motifs is 5. The van der Waals surface area contributed by atoms with E-state index in [9.17, 15) is 0 Å². The number of hydrogen-bond donors (Lipinski definition) is 0. The fourth-order valence-corrected chi connectivity index (χ4v) is 10.7. The summed E-state index contributed by atoms with van der Waals surface area (Å²) in [5, 5.41) is 9.55. The van der Waals surface area contributed by atoms with E-state index in [0.717, 1.165) is 34.1 Å². The standard InChI is InChI=1S/C70H48N2/c1-5-19-49(20-6-1)57-41-58(50-21-7-2-8-22-50)46-63(45-57)71(69-33-17-29-53-27-13-15-31-67(53)69)61-37-39-65-55(43-61)35-36-56-44-62(38-40-66(56)65)72(70-34-18-30-54-28-14-16-32-68(54)70)64-47-59(51-23-9-3-10-24-51)42-60(48-64)52-25-11-4-12-26-52/h1-48H. The highest BCUT2D eigenvalue weighted by Crippen LogP contribution is 2.46. The summed E-state index contributed by atoms with van der Waals surface area (Å²) in [4.78, 5) is 4.90. The Hall–Kier alpha value is -9.50. The van der Waals surface area contributed by atoms with Gasteiger partial charge in [0.25, 0.3) is 0 Å². The molecule has 0 N–H and O–H groups in total. The first-order valence-electron chi connectivity index (χ1n) is 24.7. The monoisotopic (exact) mass is 916 g/mol. The van der Waals surface area contributed by atoms with Crippen molar-refractivity contribution in [2.75, 3.05) is 9.80 Å². The number of nitrogens with zero attached hydrogens (tertiary/aromatic N) is 2. The van der Waals surface area contributed by atoms with E-state index < -0.39 is 0 Å². The molecule has 0 saturated heterocycles. The average Bonchev–Trinajstić information content (AvgIpc) is 3.46. The van der Waals surface area contributed by atoms with Crippen LogP contribution in [-0.4, -0.2) is 0 Å². The number of rotatable bonds is 10. The Morgan fingerprint density at radius 3 is 0.847 bits per heavy atom. The Morgan fingerprint density at radius 1 is 0.167 bits per heavy atom. The normalized spacial score (nSPS) is 11.3. The van der Waals surface area contributed by atoms with Crippen molar-refractivity contribution in [3.63, 3.8) is 0 Å². The lowest BCUT2D eigenvalue weighted by molar-refractivity contribution is 1.30. The highest BCUT2D eigenvalue weighted by molar-refractivity contribution is 6.11. The van der Waals surface area contributed by atoms with Crippen LogP contribution in [0.3, 0.4) is 0 Å². The fourth-order valence-electron chi connectivity index (χ4n) is 10.7. The van der Waals surface area contributed by atoms with Crippen LogP contribution in [0.1, 0.15) is 0 Å². The molecule has 338 valence electrons. The summed E-state index contributed by atoms with van der Waals surface area (Å²) in [6.07, 6.45) is 0. The highest BCUT2D eigenvalue weighted by Gasteiger charge is 2.21. The first-order chi connectivity index (χ1) is 35.7. The molecule has 0 fully saturated rings. The summed E-state index contributed by atoms with van der Waals surface area (Å²) < 4.78 is 0. The maximum absolute atomic E-state index is 2.45. The van der Waals surface area contributed by atoms with Crippen LogP contribution in [0, 0.1) is 0 Å². The van der Waals surface area contributed by atoms with E-state index in [1.807, 2.05) is 0 Å². The summed E-state index contributed by atoms with van der Waals surface area (Å²) in [6, 6.07) is 106. The van der Waals surface area contributed by atoms with Crippen LogP contribution >= 0.6 is 0 Å². The summed E-state index contributed by atoms with van der Waals surface area (Å²) in [6.45, 7) is 0. The first kappa shape index (κ1) is 42.6. The van der Waals surface area contributed by atoms with Gasteiger partial charge in [0.2, 0.25) is 0 Å². The smallest absolute Gasteiger partial charge is 0.0540 e. The molecule has 13 aromatic rings. The van der Waals surface area contributed by atoms with E-state index >= 15 is 0 Å². The molecule has 2 heteroatoms. The fraction of sp³-hybridized carbons (Fsp3) is 0. The van der Waals surface area contributed by atoms with E-state index in [0.29, 0.717) is 0 Å². The first-order valence-corrected chi connectivity index (χ1v) is 24.7. The molecular weight excluding hydrogens is 869 g/mol. The Labute approximate surface area is 420 Å². The summed E-state index contributed by atoms with van der Waals surface area (Å²) >= 11 is 0. The molecule has 0 saturated carbocycles. The third-order valence-electron chi connectivity index (χ3n) is 14.1. The van der Waals surface area contributed by atoms with Crippen molar-refractivity contribution in [1.82, 2.24) is 0 Å². The summed E-state index contributed by atoms with van der Waals surface area (Å²) in [5.41, 5.74) is 16.0. The van der Waals surface area contributed by atoms with Gasteiger partial charge < -0.3 is 9.80 Å². The predicted octanol–water partition coefficient (Wildman–Crippen LogP) is 19.9. The molecule has 0 aromatic heterocycles. The zero-order valence-electron chi connectivity index (χ0n) is 39.6. The van der Waals surface area contributed by atoms with Crippen LogP contribution in [0.15, 0.2) is 291 Å². The molecule has 0 heterocycles. The van der Waals surface area contributed by atoms with Gasteiger partial charge in [-0.1, -0.05) is 218 Å². The molecule has 0 unspecified atom stereocenters. The lowest BCUT2D eigenvalue weighted by Gasteiger charge is -2.29. The van der Waals surface area contributed by atoms with Gasteiger partial charge in [0, 0.05) is 33.5 Å². The average molecular weight is 917 g/mol. The number of hydrogen-bond acceptors (Lipinski definition) is 2. The molecule has 13 rings (SSSR count). The third kappa shape index (κ3) is 8.01. The lowest BCUT2D eigenvalue weighted by Crippen LogP contribution is -2.11. The molecule has 72 heavy (non-hydrogen) atoms.